The number of hydrogen-bond donors (Lipinski definition) is 2. The molecule has 2 rings (SSSR count). The van der Waals surface area contributed by atoms with E-state index in [1.54, 1.807) is 7.11 Å². The number of nitrogens with zero attached hydrogens (tertiary/aromatic N) is 1. The van der Waals surface area contributed by atoms with E-state index in [-0.39, 0.29) is 11.8 Å². The molecular formula is C15H23BrN2O2. The van der Waals surface area contributed by atoms with Gasteiger partial charge in [-0.1, -0.05) is 12.8 Å². The molecule has 0 saturated carbocycles. The van der Waals surface area contributed by atoms with Gasteiger partial charge in [-0.25, -0.2) is 0 Å². The zero-order valence-corrected chi connectivity index (χ0v) is 13.5. The van der Waals surface area contributed by atoms with Gasteiger partial charge in [-0.3, -0.25) is 4.90 Å². The van der Waals surface area contributed by atoms with Crippen molar-refractivity contribution in [1.82, 2.24) is 4.90 Å². The fraction of sp³-hybridized carbons (Fsp3) is 0.600. The van der Waals surface area contributed by atoms with E-state index in [1.165, 1.54) is 25.7 Å². The highest BCUT2D eigenvalue weighted by Crippen LogP contribution is 2.38. The van der Waals surface area contributed by atoms with Crippen molar-refractivity contribution in [2.24, 2.45) is 5.73 Å². The highest BCUT2D eigenvalue weighted by Gasteiger charge is 2.22. The van der Waals surface area contributed by atoms with Gasteiger partial charge in [0.25, 0.3) is 0 Å². The van der Waals surface area contributed by atoms with E-state index in [9.17, 15) is 5.11 Å². The van der Waals surface area contributed by atoms with Gasteiger partial charge in [0.15, 0.2) is 11.5 Å². The highest BCUT2D eigenvalue weighted by molar-refractivity contribution is 9.10. The number of benzene rings is 1. The van der Waals surface area contributed by atoms with E-state index >= 15 is 0 Å². The van der Waals surface area contributed by atoms with Crippen molar-refractivity contribution in [3.05, 3.63) is 22.2 Å². The Morgan fingerprint density at radius 3 is 2.50 bits per heavy atom. The van der Waals surface area contributed by atoms with Crippen molar-refractivity contribution in [3.8, 4) is 11.5 Å². The van der Waals surface area contributed by atoms with Crippen LogP contribution < -0.4 is 10.5 Å². The first-order valence-electron chi connectivity index (χ1n) is 7.18. The molecule has 4 nitrogen and oxygen atoms in total. The number of phenolic OH excluding ortho intramolecular Hbond substituents is 1. The Hall–Kier alpha value is -0.780. The number of halogens is 1. The largest absolute Gasteiger partial charge is 0.503 e. The molecular weight excluding hydrogens is 320 g/mol. The van der Waals surface area contributed by atoms with Crippen LogP contribution in [0, 0.1) is 0 Å². The van der Waals surface area contributed by atoms with Gasteiger partial charge in [-0.05, 0) is 59.6 Å². The number of rotatable bonds is 4. The van der Waals surface area contributed by atoms with Crippen molar-refractivity contribution in [1.29, 1.82) is 0 Å². The number of methoxy groups -OCH3 is 1. The summed E-state index contributed by atoms with van der Waals surface area (Å²) in [6.45, 7) is 2.74. The van der Waals surface area contributed by atoms with Gasteiger partial charge in [0.2, 0.25) is 0 Å². The number of likely N-dealkylation sites (tertiary alicyclic amines) is 1. The first kappa shape index (κ1) is 15.6. The number of nitrogens with two attached hydrogens (primary N) is 1. The molecule has 1 aromatic rings. The van der Waals surface area contributed by atoms with Crippen molar-refractivity contribution in [3.63, 3.8) is 0 Å². The molecule has 1 unspecified atom stereocenters. The second-order valence-electron chi connectivity index (χ2n) is 5.26. The molecule has 1 aliphatic heterocycles. The summed E-state index contributed by atoms with van der Waals surface area (Å²) >= 11 is 3.39. The maximum absolute atomic E-state index is 9.92. The van der Waals surface area contributed by atoms with Crippen LogP contribution in [0.3, 0.4) is 0 Å². The summed E-state index contributed by atoms with van der Waals surface area (Å²) in [4.78, 5) is 2.45. The van der Waals surface area contributed by atoms with Gasteiger partial charge in [-0.15, -0.1) is 0 Å². The summed E-state index contributed by atoms with van der Waals surface area (Å²) < 4.78 is 5.89. The summed E-state index contributed by atoms with van der Waals surface area (Å²) in [7, 11) is 1.56. The van der Waals surface area contributed by atoms with Crippen LogP contribution in [-0.4, -0.2) is 36.8 Å². The predicted molar refractivity (Wildman–Crippen MR) is 84.2 cm³/mol. The zero-order chi connectivity index (χ0) is 14.5. The molecule has 1 aromatic carbocycles. The van der Waals surface area contributed by atoms with Crippen molar-refractivity contribution < 1.29 is 9.84 Å². The molecule has 20 heavy (non-hydrogen) atoms. The van der Waals surface area contributed by atoms with Crippen LogP contribution >= 0.6 is 15.9 Å². The topological polar surface area (TPSA) is 58.7 Å². The molecule has 0 spiro atoms. The molecule has 0 amide bonds. The van der Waals surface area contributed by atoms with Gasteiger partial charge in [0.05, 0.1) is 11.6 Å². The molecule has 3 N–H and O–H groups in total. The summed E-state index contributed by atoms with van der Waals surface area (Å²) in [5.41, 5.74) is 7.10. The number of hydrogen-bond acceptors (Lipinski definition) is 4. The van der Waals surface area contributed by atoms with Crippen LogP contribution in [-0.2, 0) is 0 Å². The summed E-state index contributed by atoms with van der Waals surface area (Å²) in [6.07, 6.45) is 5.06. The minimum absolute atomic E-state index is 0.142. The molecule has 1 saturated heterocycles. The van der Waals surface area contributed by atoms with E-state index in [0.717, 1.165) is 18.7 Å². The first-order chi connectivity index (χ1) is 9.67. The van der Waals surface area contributed by atoms with Gasteiger partial charge < -0.3 is 15.6 Å². The Morgan fingerprint density at radius 1 is 1.30 bits per heavy atom. The Balaban J connectivity index is 2.28. The second kappa shape index (κ2) is 7.29. The lowest BCUT2D eigenvalue weighted by atomic mass is 10.0. The Kier molecular flexibility index (Phi) is 5.69. The molecule has 1 aliphatic rings. The molecule has 0 aromatic heterocycles. The third-order valence-electron chi connectivity index (χ3n) is 3.96. The van der Waals surface area contributed by atoms with Crippen LogP contribution in [0.15, 0.2) is 16.6 Å². The molecule has 0 bridgehead atoms. The van der Waals surface area contributed by atoms with Gasteiger partial charge in [-0.2, -0.15) is 0 Å². The Bertz CT molecular complexity index is 446. The molecule has 0 radical (unpaired) electrons. The molecule has 0 aliphatic carbocycles. The maximum Gasteiger partial charge on any atom is 0.172 e. The molecule has 112 valence electrons. The third-order valence-corrected chi connectivity index (χ3v) is 4.56. The average molecular weight is 343 g/mol. The molecule has 5 heteroatoms. The normalized spacial score (nSPS) is 18.6. The number of phenols is 1. The summed E-state index contributed by atoms with van der Waals surface area (Å²) in [6, 6.07) is 4.02. The van der Waals surface area contributed by atoms with E-state index in [0.29, 0.717) is 16.8 Å². The van der Waals surface area contributed by atoms with Gasteiger partial charge in [0.1, 0.15) is 0 Å². The van der Waals surface area contributed by atoms with Crippen LogP contribution in [0.1, 0.15) is 37.3 Å². The van der Waals surface area contributed by atoms with Crippen LogP contribution in [0.4, 0.5) is 0 Å². The summed E-state index contributed by atoms with van der Waals surface area (Å²) in [5.74, 6) is 0.630. The van der Waals surface area contributed by atoms with Crippen LogP contribution in [0.5, 0.6) is 11.5 Å². The number of ether oxygens (including phenoxy) is 1. The first-order valence-corrected chi connectivity index (χ1v) is 7.97. The molecule has 1 fully saturated rings. The van der Waals surface area contributed by atoms with Gasteiger partial charge >= 0.3 is 0 Å². The lowest BCUT2D eigenvalue weighted by Crippen LogP contribution is -2.34. The number of aromatic hydroxyl groups is 1. The maximum atomic E-state index is 9.92. The molecule has 1 atom stereocenters. The predicted octanol–water partition coefficient (Wildman–Crippen LogP) is 3.04. The standard InChI is InChI=1S/C15H23BrN2O2/c1-20-14-9-11(8-12(16)15(14)19)13(10-17)18-6-4-2-3-5-7-18/h8-9,13,19H,2-7,10,17H2,1H3. The van der Waals surface area contributed by atoms with E-state index in [2.05, 4.69) is 20.8 Å². The van der Waals surface area contributed by atoms with Crippen molar-refractivity contribution in [2.45, 2.75) is 31.7 Å². The smallest absolute Gasteiger partial charge is 0.172 e. The van der Waals surface area contributed by atoms with Gasteiger partial charge in [0, 0.05) is 12.6 Å². The highest BCUT2D eigenvalue weighted by atomic mass is 79.9. The Labute approximate surface area is 129 Å². The van der Waals surface area contributed by atoms with E-state index in [4.69, 9.17) is 10.5 Å². The fourth-order valence-corrected chi connectivity index (χ4v) is 3.30. The zero-order valence-electron chi connectivity index (χ0n) is 11.9. The molecule has 1 heterocycles. The van der Waals surface area contributed by atoms with E-state index in [1.807, 2.05) is 12.1 Å². The lowest BCUT2D eigenvalue weighted by Gasteiger charge is -2.30. The minimum Gasteiger partial charge on any atom is -0.503 e. The van der Waals surface area contributed by atoms with Crippen molar-refractivity contribution >= 4 is 15.9 Å². The second-order valence-corrected chi connectivity index (χ2v) is 6.11. The van der Waals surface area contributed by atoms with Crippen LogP contribution in [0.2, 0.25) is 0 Å². The third kappa shape index (κ3) is 3.45. The monoisotopic (exact) mass is 342 g/mol. The SMILES string of the molecule is COc1cc(C(CN)N2CCCCCC2)cc(Br)c1O. The Morgan fingerprint density at radius 2 is 1.95 bits per heavy atom. The lowest BCUT2D eigenvalue weighted by molar-refractivity contribution is 0.209. The summed E-state index contributed by atoms with van der Waals surface area (Å²) in [5, 5.41) is 9.92. The van der Waals surface area contributed by atoms with Crippen LogP contribution in [0.25, 0.3) is 0 Å². The van der Waals surface area contributed by atoms with Crippen molar-refractivity contribution in [2.75, 3.05) is 26.7 Å². The fourth-order valence-electron chi connectivity index (χ4n) is 2.84. The van der Waals surface area contributed by atoms with E-state index < -0.39 is 0 Å². The quantitative estimate of drug-likeness (QED) is 0.882. The minimum atomic E-state index is 0.142. The average Bonchev–Trinajstić information content (AvgIpc) is 2.72.